The Hall–Kier alpha value is -2.44. The molecule has 0 atom stereocenters. The number of rotatable bonds is 3. The van der Waals surface area contributed by atoms with E-state index in [1.165, 1.54) is 25.4 Å². The van der Waals surface area contributed by atoms with Gasteiger partial charge in [0.25, 0.3) is 0 Å². The molecule has 2 N–H and O–H groups in total. The van der Waals surface area contributed by atoms with E-state index in [1.807, 2.05) is 0 Å². The van der Waals surface area contributed by atoms with E-state index in [-0.39, 0.29) is 5.75 Å². The van der Waals surface area contributed by atoms with Crippen LogP contribution >= 0.6 is 0 Å². The molecule has 18 heavy (non-hydrogen) atoms. The van der Waals surface area contributed by atoms with Crippen LogP contribution in [0.3, 0.4) is 0 Å². The normalized spacial score (nSPS) is 10.3. The molecule has 0 aliphatic carbocycles. The summed E-state index contributed by atoms with van der Waals surface area (Å²) in [4.78, 5) is 11.6. The molecule has 2 aromatic rings. The third-order valence-corrected chi connectivity index (χ3v) is 2.34. The number of aromatic nitrogens is 3. The molecule has 6 nitrogen and oxygen atoms in total. The summed E-state index contributed by atoms with van der Waals surface area (Å²) in [6.07, 6.45) is 1.76. The Labute approximate surface area is 102 Å². The second kappa shape index (κ2) is 4.82. The Morgan fingerprint density at radius 2 is 2.33 bits per heavy atom. The number of hydrogen-bond acceptors (Lipinski definition) is 4. The molecule has 1 amide bonds. The lowest BCUT2D eigenvalue weighted by Crippen LogP contribution is -2.22. The lowest BCUT2D eigenvalue weighted by atomic mass is 10.1. The smallest absolute Gasteiger partial charge is 0.356 e. The van der Waals surface area contributed by atoms with Crippen LogP contribution in [0.4, 0.5) is 9.18 Å². The zero-order chi connectivity index (χ0) is 13.1. The molecule has 1 aromatic carbocycles. The van der Waals surface area contributed by atoms with Crippen LogP contribution in [0.15, 0.2) is 24.4 Å². The van der Waals surface area contributed by atoms with Crippen molar-refractivity contribution in [1.29, 1.82) is 0 Å². The SMILES string of the molecule is COc1ccc(Cc2cnn(C(N)=O)n2)cc1F. The Balaban J connectivity index is 2.18. The molecule has 1 aromatic heterocycles. The van der Waals surface area contributed by atoms with Crippen LogP contribution in [0.1, 0.15) is 11.3 Å². The zero-order valence-corrected chi connectivity index (χ0v) is 9.63. The molecule has 0 aliphatic heterocycles. The van der Waals surface area contributed by atoms with Crippen LogP contribution in [-0.2, 0) is 6.42 Å². The van der Waals surface area contributed by atoms with E-state index in [0.717, 1.165) is 4.80 Å². The van der Waals surface area contributed by atoms with Gasteiger partial charge in [-0.3, -0.25) is 0 Å². The highest BCUT2D eigenvalue weighted by Crippen LogP contribution is 2.18. The van der Waals surface area contributed by atoms with Crippen molar-refractivity contribution in [3.05, 3.63) is 41.5 Å². The fourth-order valence-corrected chi connectivity index (χ4v) is 1.51. The third-order valence-electron chi connectivity index (χ3n) is 2.34. The van der Waals surface area contributed by atoms with Gasteiger partial charge in [0, 0.05) is 6.42 Å². The summed E-state index contributed by atoms with van der Waals surface area (Å²) in [6.45, 7) is 0. The standard InChI is InChI=1S/C11H11FN4O2/c1-18-10-3-2-7(5-9(10)12)4-8-6-14-16(15-8)11(13)17/h2-3,5-6H,4H2,1H3,(H2,13,17). The lowest BCUT2D eigenvalue weighted by molar-refractivity contribution is 0.244. The van der Waals surface area contributed by atoms with Gasteiger partial charge >= 0.3 is 6.03 Å². The fraction of sp³-hybridized carbons (Fsp3) is 0.182. The molecule has 0 unspecified atom stereocenters. The first-order valence-electron chi connectivity index (χ1n) is 5.13. The second-order valence-corrected chi connectivity index (χ2v) is 3.61. The summed E-state index contributed by atoms with van der Waals surface area (Å²) in [5.41, 5.74) is 6.23. The van der Waals surface area contributed by atoms with E-state index in [1.54, 1.807) is 6.07 Å². The predicted molar refractivity (Wildman–Crippen MR) is 60.8 cm³/mol. The van der Waals surface area contributed by atoms with Gasteiger partial charge in [0.15, 0.2) is 11.6 Å². The fourth-order valence-electron chi connectivity index (χ4n) is 1.51. The van der Waals surface area contributed by atoms with Gasteiger partial charge < -0.3 is 10.5 Å². The lowest BCUT2D eigenvalue weighted by Gasteiger charge is -2.03. The van der Waals surface area contributed by atoms with Crippen molar-refractivity contribution in [3.63, 3.8) is 0 Å². The monoisotopic (exact) mass is 250 g/mol. The molecule has 0 fully saturated rings. The van der Waals surface area contributed by atoms with Crippen molar-refractivity contribution < 1.29 is 13.9 Å². The quantitative estimate of drug-likeness (QED) is 0.878. The Bertz CT molecular complexity index is 582. The number of ether oxygens (including phenoxy) is 1. The van der Waals surface area contributed by atoms with Crippen LogP contribution in [0.2, 0.25) is 0 Å². The van der Waals surface area contributed by atoms with Crippen molar-refractivity contribution in [3.8, 4) is 5.75 Å². The highest BCUT2D eigenvalue weighted by atomic mass is 19.1. The van der Waals surface area contributed by atoms with E-state index in [9.17, 15) is 9.18 Å². The van der Waals surface area contributed by atoms with Crippen LogP contribution in [0, 0.1) is 5.82 Å². The van der Waals surface area contributed by atoms with Crippen molar-refractivity contribution in [2.24, 2.45) is 5.73 Å². The van der Waals surface area contributed by atoms with E-state index in [4.69, 9.17) is 10.5 Å². The van der Waals surface area contributed by atoms with Crippen molar-refractivity contribution in [2.75, 3.05) is 7.11 Å². The number of hydrogen-bond donors (Lipinski definition) is 1. The van der Waals surface area contributed by atoms with Gasteiger partial charge in [-0.25, -0.2) is 9.18 Å². The number of methoxy groups -OCH3 is 1. The van der Waals surface area contributed by atoms with E-state index < -0.39 is 11.8 Å². The number of nitrogens with zero attached hydrogens (tertiary/aromatic N) is 3. The molecule has 0 saturated heterocycles. The number of primary amides is 1. The number of carbonyl (C=O) groups is 1. The molecule has 7 heteroatoms. The summed E-state index contributed by atoms with van der Waals surface area (Å²) in [5.74, 6) is -0.267. The number of amides is 1. The molecule has 2 rings (SSSR count). The van der Waals surface area contributed by atoms with Crippen LogP contribution in [0.5, 0.6) is 5.75 Å². The largest absolute Gasteiger partial charge is 0.494 e. The number of carbonyl (C=O) groups excluding carboxylic acids is 1. The molecule has 94 valence electrons. The van der Waals surface area contributed by atoms with Crippen molar-refractivity contribution in [2.45, 2.75) is 6.42 Å². The van der Waals surface area contributed by atoms with E-state index in [0.29, 0.717) is 17.7 Å². The second-order valence-electron chi connectivity index (χ2n) is 3.61. The molecule has 0 radical (unpaired) electrons. The summed E-state index contributed by atoms with van der Waals surface area (Å²) >= 11 is 0. The summed E-state index contributed by atoms with van der Waals surface area (Å²) in [5, 5.41) is 7.54. The average molecular weight is 250 g/mol. The number of nitrogens with two attached hydrogens (primary N) is 1. The Morgan fingerprint density at radius 1 is 1.56 bits per heavy atom. The number of benzene rings is 1. The maximum atomic E-state index is 13.4. The van der Waals surface area contributed by atoms with Gasteiger partial charge in [0.1, 0.15) is 0 Å². The molecular formula is C11H11FN4O2. The first-order valence-corrected chi connectivity index (χ1v) is 5.13. The molecule has 0 bridgehead atoms. The molecule has 0 spiro atoms. The minimum absolute atomic E-state index is 0.180. The van der Waals surface area contributed by atoms with Gasteiger partial charge in [-0.15, -0.1) is 5.10 Å². The Kier molecular flexibility index (Phi) is 3.22. The first-order chi connectivity index (χ1) is 8.60. The van der Waals surface area contributed by atoms with E-state index >= 15 is 0 Å². The topological polar surface area (TPSA) is 83.0 Å². The van der Waals surface area contributed by atoms with Gasteiger partial charge in [0.2, 0.25) is 0 Å². The molecule has 0 saturated carbocycles. The van der Waals surface area contributed by atoms with Gasteiger partial charge in [-0.2, -0.15) is 5.10 Å². The third kappa shape index (κ3) is 2.45. The molecule has 1 heterocycles. The Morgan fingerprint density at radius 3 is 2.89 bits per heavy atom. The molecule has 0 aliphatic rings. The zero-order valence-electron chi connectivity index (χ0n) is 9.63. The average Bonchev–Trinajstić information content (AvgIpc) is 2.78. The minimum Gasteiger partial charge on any atom is -0.494 e. The van der Waals surface area contributed by atoms with Crippen LogP contribution in [0.25, 0.3) is 0 Å². The number of halogens is 1. The highest BCUT2D eigenvalue weighted by Gasteiger charge is 2.08. The first kappa shape index (κ1) is 12.0. The summed E-state index contributed by atoms with van der Waals surface area (Å²) < 4.78 is 18.3. The van der Waals surface area contributed by atoms with Gasteiger partial charge in [-0.1, -0.05) is 10.9 Å². The van der Waals surface area contributed by atoms with E-state index in [2.05, 4.69) is 10.2 Å². The summed E-state index contributed by atoms with van der Waals surface area (Å²) in [6, 6.07) is 3.83. The maximum absolute atomic E-state index is 13.4. The van der Waals surface area contributed by atoms with Gasteiger partial charge in [0.05, 0.1) is 19.0 Å². The van der Waals surface area contributed by atoms with Crippen molar-refractivity contribution >= 4 is 6.03 Å². The maximum Gasteiger partial charge on any atom is 0.356 e. The molecular weight excluding hydrogens is 239 g/mol. The van der Waals surface area contributed by atoms with Crippen molar-refractivity contribution in [1.82, 2.24) is 15.0 Å². The van der Waals surface area contributed by atoms with Crippen LogP contribution in [-0.4, -0.2) is 28.1 Å². The van der Waals surface area contributed by atoms with Crippen LogP contribution < -0.4 is 10.5 Å². The highest BCUT2D eigenvalue weighted by molar-refractivity contribution is 5.72. The minimum atomic E-state index is -0.762. The predicted octanol–water partition coefficient (Wildman–Crippen LogP) is 0.943. The summed E-state index contributed by atoms with van der Waals surface area (Å²) in [7, 11) is 1.40. The van der Waals surface area contributed by atoms with Gasteiger partial charge in [-0.05, 0) is 17.7 Å².